The van der Waals surface area contributed by atoms with E-state index < -0.39 is 11.8 Å². The zero-order valence-corrected chi connectivity index (χ0v) is 14.4. The van der Waals surface area contributed by atoms with Crippen molar-refractivity contribution in [1.82, 2.24) is 15.2 Å². The lowest BCUT2D eigenvalue weighted by Gasteiger charge is -2.16. The van der Waals surface area contributed by atoms with Crippen molar-refractivity contribution in [2.45, 2.75) is 25.9 Å². The summed E-state index contributed by atoms with van der Waals surface area (Å²) in [4.78, 5) is 27.9. The number of primary amides is 1. The molecule has 7 heteroatoms. The number of aryl methyl sites for hydroxylation is 1. The number of nitrogens with two attached hydrogens (primary N) is 1. The summed E-state index contributed by atoms with van der Waals surface area (Å²) < 4.78 is 5.79. The summed E-state index contributed by atoms with van der Waals surface area (Å²) in [6, 6.07) is 12.9. The smallest absolute Gasteiger partial charge is 0.267 e. The molecule has 0 aliphatic heterocycles. The van der Waals surface area contributed by atoms with Gasteiger partial charge in [-0.25, -0.2) is 0 Å². The molecule has 0 spiro atoms. The minimum atomic E-state index is -0.477. The minimum Gasteiger partial charge on any atom is -0.487 e. The first-order valence-corrected chi connectivity index (χ1v) is 8.22. The summed E-state index contributed by atoms with van der Waals surface area (Å²) in [5.74, 6) is -0.289. The van der Waals surface area contributed by atoms with Gasteiger partial charge in [-0.15, -0.1) is 0 Å². The monoisotopic (exact) mass is 352 g/mol. The van der Waals surface area contributed by atoms with E-state index >= 15 is 0 Å². The number of amides is 1. The van der Waals surface area contributed by atoms with Crippen molar-refractivity contribution in [1.29, 1.82) is 0 Å². The van der Waals surface area contributed by atoms with Gasteiger partial charge in [-0.3, -0.25) is 19.7 Å². The van der Waals surface area contributed by atoms with E-state index in [2.05, 4.69) is 15.2 Å². The molecule has 3 aromatic rings. The second-order valence-electron chi connectivity index (χ2n) is 6.02. The Balaban J connectivity index is 1.88. The Kier molecular flexibility index (Phi) is 5.17. The zero-order chi connectivity index (χ0) is 18.5. The second-order valence-corrected chi connectivity index (χ2v) is 6.02. The van der Waals surface area contributed by atoms with Gasteiger partial charge in [0.15, 0.2) is 0 Å². The Morgan fingerprint density at radius 1 is 1.23 bits per heavy atom. The van der Waals surface area contributed by atoms with Crippen molar-refractivity contribution in [3.05, 3.63) is 81.5 Å². The number of carbonyl (C=O) groups excluding carboxylic acids is 1. The molecule has 0 bridgehead atoms. The van der Waals surface area contributed by atoms with Gasteiger partial charge < -0.3 is 15.6 Å². The van der Waals surface area contributed by atoms with Gasteiger partial charge in [0.2, 0.25) is 5.91 Å². The number of nitrogens with one attached hydrogen (secondary N) is 2. The third kappa shape index (κ3) is 4.00. The van der Waals surface area contributed by atoms with E-state index in [1.165, 1.54) is 0 Å². The number of H-pyrrole nitrogens is 2. The third-order valence-electron chi connectivity index (χ3n) is 4.14. The highest BCUT2D eigenvalue weighted by Gasteiger charge is 2.23. The zero-order valence-electron chi connectivity index (χ0n) is 14.4. The predicted octanol–water partition coefficient (Wildman–Crippen LogP) is 1.99. The Morgan fingerprint density at radius 2 is 2.08 bits per heavy atom. The summed E-state index contributed by atoms with van der Waals surface area (Å²) >= 11 is 0. The molecule has 1 amide bonds. The highest BCUT2D eigenvalue weighted by atomic mass is 16.5. The van der Waals surface area contributed by atoms with Gasteiger partial charge in [0, 0.05) is 29.8 Å². The normalized spacial score (nSPS) is 11.9. The van der Waals surface area contributed by atoms with Crippen molar-refractivity contribution in [3.63, 3.8) is 0 Å². The number of hydrogen-bond acceptors (Lipinski definition) is 4. The highest BCUT2D eigenvalue weighted by molar-refractivity contribution is 5.75. The fourth-order valence-electron chi connectivity index (χ4n) is 2.92. The number of rotatable bonds is 7. The molecule has 2 aromatic heterocycles. The number of nitrogens with zero attached hydrogens (tertiary/aromatic N) is 1. The quantitative estimate of drug-likeness (QED) is 0.603. The van der Waals surface area contributed by atoms with Crippen LogP contribution < -0.4 is 16.0 Å². The number of carbonyl (C=O) groups is 1. The molecule has 0 saturated heterocycles. The van der Waals surface area contributed by atoms with Crippen LogP contribution in [-0.4, -0.2) is 21.1 Å². The molecule has 0 fully saturated rings. The number of aromatic nitrogens is 3. The molecule has 26 heavy (non-hydrogen) atoms. The van der Waals surface area contributed by atoms with Crippen LogP contribution in [0.1, 0.15) is 34.9 Å². The van der Waals surface area contributed by atoms with Crippen LogP contribution in [-0.2, 0) is 11.4 Å². The molecule has 0 saturated carbocycles. The van der Waals surface area contributed by atoms with Gasteiger partial charge in [0.1, 0.15) is 12.4 Å². The van der Waals surface area contributed by atoms with Crippen molar-refractivity contribution in [2.24, 2.45) is 5.73 Å². The summed E-state index contributed by atoms with van der Waals surface area (Å²) in [7, 11) is 0. The van der Waals surface area contributed by atoms with Gasteiger partial charge in [0.25, 0.3) is 5.56 Å². The molecule has 7 nitrogen and oxygen atoms in total. The Bertz CT molecular complexity index is 947. The number of pyridine rings is 1. The number of aromatic amines is 2. The van der Waals surface area contributed by atoms with Crippen molar-refractivity contribution in [2.75, 3.05) is 0 Å². The molecule has 1 aromatic carbocycles. The molecular weight excluding hydrogens is 332 g/mol. The van der Waals surface area contributed by atoms with E-state index in [1.54, 1.807) is 13.1 Å². The van der Waals surface area contributed by atoms with Crippen LogP contribution in [0.3, 0.4) is 0 Å². The highest BCUT2D eigenvalue weighted by Crippen LogP contribution is 2.29. The Labute approximate surface area is 150 Å². The van der Waals surface area contributed by atoms with Crippen LogP contribution in [0.15, 0.2) is 53.5 Å². The second kappa shape index (κ2) is 7.69. The van der Waals surface area contributed by atoms with E-state index in [0.29, 0.717) is 23.6 Å². The van der Waals surface area contributed by atoms with Crippen molar-refractivity contribution >= 4 is 5.91 Å². The fraction of sp³-hybridized carbons (Fsp3) is 0.211. The molecule has 4 N–H and O–H groups in total. The molecule has 0 aliphatic carbocycles. The topological polar surface area (TPSA) is 114 Å². The van der Waals surface area contributed by atoms with Crippen molar-refractivity contribution < 1.29 is 9.53 Å². The molecule has 0 aliphatic rings. The van der Waals surface area contributed by atoms with Gasteiger partial charge in [0.05, 0.1) is 5.69 Å². The summed E-state index contributed by atoms with van der Waals surface area (Å²) in [5, 5.41) is 5.34. The molecule has 1 atom stereocenters. The minimum absolute atomic E-state index is 0.0332. The maximum atomic E-state index is 12.2. The van der Waals surface area contributed by atoms with Gasteiger partial charge in [-0.2, -0.15) is 0 Å². The van der Waals surface area contributed by atoms with E-state index in [9.17, 15) is 9.59 Å². The van der Waals surface area contributed by atoms with Crippen LogP contribution in [0.5, 0.6) is 5.75 Å². The lowest BCUT2D eigenvalue weighted by Crippen LogP contribution is -2.20. The van der Waals surface area contributed by atoms with Crippen LogP contribution in [0, 0.1) is 6.92 Å². The number of ether oxygens (including phenoxy) is 1. The number of hydrogen-bond donors (Lipinski definition) is 3. The molecule has 134 valence electrons. The summed E-state index contributed by atoms with van der Waals surface area (Å²) in [5.41, 5.74) is 7.94. The van der Waals surface area contributed by atoms with Crippen LogP contribution in [0.4, 0.5) is 0 Å². The molecular formula is C19H20N4O3. The first kappa shape index (κ1) is 17.5. The Hall–Kier alpha value is -3.35. The van der Waals surface area contributed by atoms with Gasteiger partial charge in [-0.05, 0) is 36.8 Å². The average molecular weight is 352 g/mol. The van der Waals surface area contributed by atoms with Crippen LogP contribution in [0.25, 0.3) is 0 Å². The van der Waals surface area contributed by atoms with E-state index in [1.807, 2.05) is 42.5 Å². The first-order valence-electron chi connectivity index (χ1n) is 8.22. The lowest BCUT2D eigenvalue weighted by molar-refractivity contribution is -0.118. The van der Waals surface area contributed by atoms with E-state index in [-0.39, 0.29) is 12.0 Å². The van der Waals surface area contributed by atoms with Crippen LogP contribution in [0.2, 0.25) is 0 Å². The molecule has 2 heterocycles. The fourth-order valence-corrected chi connectivity index (χ4v) is 2.92. The maximum absolute atomic E-state index is 12.2. The van der Waals surface area contributed by atoms with Gasteiger partial charge in [-0.1, -0.05) is 18.2 Å². The maximum Gasteiger partial charge on any atom is 0.267 e. The summed E-state index contributed by atoms with van der Waals surface area (Å²) in [6.45, 7) is 2.11. The lowest BCUT2D eigenvalue weighted by atomic mass is 9.88. The molecule has 0 unspecified atom stereocenters. The number of benzene rings is 1. The van der Waals surface area contributed by atoms with Crippen LogP contribution >= 0.6 is 0 Å². The predicted molar refractivity (Wildman–Crippen MR) is 96.8 cm³/mol. The standard InChI is InChI=1S/C19H20N4O3/c1-12-18(19(25)23-22-12)16(10-17(20)24)13-5-4-7-15(9-13)26-11-14-6-2-3-8-21-14/h2-9,16H,10-11H2,1H3,(H2,20,24)(H2,22,23,25)/t16-/m0/s1. The first-order chi connectivity index (χ1) is 12.5. The Morgan fingerprint density at radius 3 is 2.73 bits per heavy atom. The van der Waals surface area contributed by atoms with E-state index in [4.69, 9.17) is 10.5 Å². The van der Waals surface area contributed by atoms with E-state index in [0.717, 1.165) is 11.3 Å². The summed E-state index contributed by atoms with van der Waals surface area (Å²) in [6.07, 6.45) is 1.74. The van der Waals surface area contributed by atoms with Gasteiger partial charge >= 0.3 is 0 Å². The SMILES string of the molecule is Cc1[nH][nH]c(=O)c1[C@@H](CC(N)=O)c1cccc(OCc2ccccn2)c1. The van der Waals surface area contributed by atoms with Crippen molar-refractivity contribution in [3.8, 4) is 5.75 Å². The molecule has 3 rings (SSSR count). The molecule has 0 radical (unpaired) electrons. The largest absolute Gasteiger partial charge is 0.487 e. The average Bonchev–Trinajstić information content (AvgIpc) is 2.97. The third-order valence-corrected chi connectivity index (χ3v) is 4.14.